The number of hydrogen-bond donors (Lipinski definition) is 1. The van der Waals surface area contributed by atoms with Gasteiger partial charge < -0.3 is 15.0 Å². The fraction of sp³-hybridized carbons (Fsp3) is 0.650. The Hall–Kier alpha value is -1.10. The van der Waals surface area contributed by atoms with Crippen molar-refractivity contribution in [3.8, 4) is 0 Å². The van der Waals surface area contributed by atoms with Gasteiger partial charge in [0.25, 0.3) is 0 Å². The van der Waals surface area contributed by atoms with Crippen molar-refractivity contribution in [2.45, 2.75) is 44.8 Å². The van der Waals surface area contributed by atoms with Gasteiger partial charge in [-0.3, -0.25) is 4.79 Å². The van der Waals surface area contributed by atoms with Crippen LogP contribution in [0.5, 0.6) is 0 Å². The Balaban J connectivity index is 0.00000182. The summed E-state index contributed by atoms with van der Waals surface area (Å²) in [5.74, 6) is 0.889. The van der Waals surface area contributed by atoms with Gasteiger partial charge in [-0.25, -0.2) is 0 Å². The van der Waals surface area contributed by atoms with Crippen LogP contribution in [-0.2, 0) is 9.53 Å². The maximum Gasteiger partial charge on any atom is 0.230 e. The third-order valence-corrected chi connectivity index (χ3v) is 6.18. The van der Waals surface area contributed by atoms with Crippen LogP contribution in [0, 0.1) is 11.3 Å². The number of fused-ring (bicyclic) bond motifs is 1. The van der Waals surface area contributed by atoms with Gasteiger partial charge >= 0.3 is 0 Å². The molecule has 4 nitrogen and oxygen atoms in total. The highest BCUT2D eigenvalue weighted by Crippen LogP contribution is 2.45. The molecule has 25 heavy (non-hydrogen) atoms. The van der Waals surface area contributed by atoms with Crippen LogP contribution in [0.1, 0.15) is 44.3 Å². The number of morpholine rings is 1. The minimum atomic E-state index is -0.156. The summed E-state index contributed by atoms with van der Waals surface area (Å²) >= 11 is 0. The first-order chi connectivity index (χ1) is 11.7. The van der Waals surface area contributed by atoms with Crippen LogP contribution in [-0.4, -0.2) is 43.1 Å². The third-order valence-electron chi connectivity index (χ3n) is 6.18. The first kappa shape index (κ1) is 18.7. The van der Waals surface area contributed by atoms with E-state index in [0.29, 0.717) is 18.4 Å². The second kappa shape index (κ2) is 7.65. The van der Waals surface area contributed by atoms with E-state index in [2.05, 4.69) is 29.3 Å². The van der Waals surface area contributed by atoms with Crippen LogP contribution in [0.25, 0.3) is 0 Å². The summed E-state index contributed by atoms with van der Waals surface area (Å²) in [4.78, 5) is 15.6. The number of ether oxygens (including phenoxy) is 1. The second-order valence-corrected chi connectivity index (χ2v) is 7.79. The van der Waals surface area contributed by atoms with Crippen LogP contribution in [0.2, 0.25) is 0 Å². The predicted octanol–water partition coefficient (Wildman–Crippen LogP) is 3.18. The number of halogens is 1. The van der Waals surface area contributed by atoms with Crippen LogP contribution in [0.15, 0.2) is 30.3 Å². The minimum Gasteiger partial charge on any atom is -0.367 e. The highest BCUT2D eigenvalue weighted by Gasteiger charge is 2.52. The van der Waals surface area contributed by atoms with E-state index >= 15 is 0 Å². The SMILES string of the molecule is CC1CN(C(=O)[C@@]23CCCC[C@H]2CNC3)CC(c2ccccc2)O1.Cl. The molecule has 0 aromatic heterocycles. The molecule has 2 unspecified atom stereocenters. The number of hydrogen-bond acceptors (Lipinski definition) is 3. The van der Waals surface area contributed by atoms with Crippen LogP contribution >= 0.6 is 12.4 Å². The lowest BCUT2D eigenvalue weighted by Gasteiger charge is -2.44. The molecule has 2 heterocycles. The monoisotopic (exact) mass is 364 g/mol. The number of benzene rings is 1. The van der Waals surface area contributed by atoms with Gasteiger partial charge in [0.2, 0.25) is 5.91 Å². The van der Waals surface area contributed by atoms with Gasteiger partial charge in [0, 0.05) is 13.1 Å². The van der Waals surface area contributed by atoms with E-state index in [-0.39, 0.29) is 30.0 Å². The Morgan fingerprint density at radius 2 is 2.04 bits per heavy atom. The van der Waals surface area contributed by atoms with Crippen LogP contribution in [0.3, 0.4) is 0 Å². The van der Waals surface area contributed by atoms with Crippen molar-refractivity contribution in [1.29, 1.82) is 0 Å². The normalized spacial score (nSPS) is 34.9. The maximum atomic E-state index is 13.5. The molecule has 2 saturated heterocycles. The summed E-state index contributed by atoms with van der Waals surface area (Å²) in [7, 11) is 0. The number of rotatable bonds is 2. The van der Waals surface area contributed by atoms with E-state index in [1.54, 1.807) is 0 Å². The van der Waals surface area contributed by atoms with E-state index in [4.69, 9.17) is 4.74 Å². The van der Waals surface area contributed by atoms with E-state index in [0.717, 1.165) is 26.1 Å². The molecule has 1 aliphatic carbocycles. The summed E-state index contributed by atoms with van der Waals surface area (Å²) in [5.41, 5.74) is 1.01. The van der Waals surface area contributed by atoms with Gasteiger partial charge in [-0.05, 0) is 37.8 Å². The molecule has 0 spiro atoms. The Morgan fingerprint density at radius 3 is 2.84 bits per heavy atom. The number of carbonyl (C=O) groups excluding carboxylic acids is 1. The molecule has 0 radical (unpaired) electrons. The third kappa shape index (κ3) is 3.44. The molecule has 1 N–H and O–H groups in total. The minimum absolute atomic E-state index is 0. The zero-order valence-corrected chi connectivity index (χ0v) is 15.8. The zero-order chi connectivity index (χ0) is 16.6. The van der Waals surface area contributed by atoms with E-state index in [9.17, 15) is 4.79 Å². The van der Waals surface area contributed by atoms with Crippen LogP contribution in [0.4, 0.5) is 0 Å². The van der Waals surface area contributed by atoms with Gasteiger partial charge in [0.1, 0.15) is 6.10 Å². The van der Waals surface area contributed by atoms with E-state index in [1.807, 2.05) is 18.2 Å². The number of nitrogens with one attached hydrogen (secondary N) is 1. The van der Waals surface area contributed by atoms with E-state index in [1.165, 1.54) is 24.8 Å². The largest absolute Gasteiger partial charge is 0.367 e. The Labute approximate surface area is 156 Å². The summed E-state index contributed by atoms with van der Waals surface area (Å²) in [6, 6.07) is 10.3. The molecule has 5 heteroatoms. The van der Waals surface area contributed by atoms with Crippen molar-refractivity contribution in [2.24, 2.45) is 11.3 Å². The Morgan fingerprint density at radius 1 is 1.24 bits per heavy atom. The first-order valence-electron chi connectivity index (χ1n) is 9.39. The van der Waals surface area contributed by atoms with Crippen molar-refractivity contribution in [2.75, 3.05) is 26.2 Å². The second-order valence-electron chi connectivity index (χ2n) is 7.79. The number of amides is 1. The highest BCUT2D eigenvalue weighted by atomic mass is 35.5. The molecular formula is C20H29ClN2O2. The molecule has 138 valence electrons. The highest BCUT2D eigenvalue weighted by molar-refractivity contribution is 5.85. The van der Waals surface area contributed by atoms with Crippen molar-refractivity contribution < 1.29 is 9.53 Å². The van der Waals surface area contributed by atoms with Gasteiger partial charge in [-0.15, -0.1) is 12.4 Å². The molecular weight excluding hydrogens is 336 g/mol. The zero-order valence-electron chi connectivity index (χ0n) is 14.9. The fourth-order valence-corrected chi connectivity index (χ4v) is 4.95. The summed E-state index contributed by atoms with van der Waals surface area (Å²) in [6.45, 7) is 5.35. The molecule has 3 aliphatic rings. The molecule has 3 fully saturated rings. The van der Waals surface area contributed by atoms with Gasteiger partial charge in [0.05, 0.1) is 18.1 Å². The van der Waals surface area contributed by atoms with Gasteiger partial charge in [0.15, 0.2) is 0 Å². The van der Waals surface area contributed by atoms with Crippen molar-refractivity contribution >= 4 is 18.3 Å². The van der Waals surface area contributed by atoms with Crippen LogP contribution < -0.4 is 5.32 Å². The average Bonchev–Trinajstić information content (AvgIpc) is 3.06. The lowest BCUT2D eigenvalue weighted by atomic mass is 9.67. The average molecular weight is 365 g/mol. The molecule has 1 amide bonds. The topological polar surface area (TPSA) is 41.6 Å². The Bertz CT molecular complexity index is 597. The first-order valence-corrected chi connectivity index (χ1v) is 9.39. The van der Waals surface area contributed by atoms with Crippen molar-refractivity contribution in [3.63, 3.8) is 0 Å². The molecule has 0 bridgehead atoms. The lowest BCUT2D eigenvalue weighted by Crippen LogP contribution is -2.54. The number of nitrogens with zero attached hydrogens (tertiary/aromatic N) is 1. The molecule has 1 aromatic rings. The van der Waals surface area contributed by atoms with E-state index < -0.39 is 0 Å². The summed E-state index contributed by atoms with van der Waals surface area (Å²) in [5, 5.41) is 3.50. The molecule has 4 rings (SSSR count). The Kier molecular flexibility index (Phi) is 5.71. The molecule has 4 atom stereocenters. The van der Waals surface area contributed by atoms with Crippen molar-refractivity contribution in [1.82, 2.24) is 10.2 Å². The molecule has 1 saturated carbocycles. The smallest absolute Gasteiger partial charge is 0.230 e. The molecule has 1 aromatic carbocycles. The lowest BCUT2D eigenvalue weighted by molar-refractivity contribution is -0.158. The summed E-state index contributed by atoms with van der Waals surface area (Å²) in [6.07, 6.45) is 4.78. The van der Waals surface area contributed by atoms with Gasteiger partial charge in [-0.2, -0.15) is 0 Å². The quantitative estimate of drug-likeness (QED) is 0.876. The molecule has 2 aliphatic heterocycles. The summed E-state index contributed by atoms with van der Waals surface area (Å²) < 4.78 is 6.14. The fourth-order valence-electron chi connectivity index (χ4n) is 4.95. The maximum absolute atomic E-state index is 13.5. The standard InChI is InChI=1S/C20H28N2O2.ClH/c1-15-12-22(13-18(24-15)16-7-3-2-4-8-16)19(23)20-10-6-5-9-17(20)11-21-14-20;/h2-4,7-8,15,17-18,21H,5-6,9-14H2,1H3;1H/t15?,17-,18?,20+;/m0./s1. The number of carbonyl (C=O) groups is 1. The predicted molar refractivity (Wildman–Crippen MR) is 101 cm³/mol. The van der Waals surface area contributed by atoms with Crippen molar-refractivity contribution in [3.05, 3.63) is 35.9 Å². The van der Waals surface area contributed by atoms with Gasteiger partial charge in [-0.1, -0.05) is 43.2 Å².